The maximum absolute atomic E-state index is 12.6. The van der Waals surface area contributed by atoms with E-state index in [0.717, 1.165) is 34.8 Å². The molecule has 0 bridgehead atoms. The van der Waals surface area contributed by atoms with E-state index in [1.54, 1.807) is 0 Å². The van der Waals surface area contributed by atoms with Gasteiger partial charge in [0.15, 0.2) is 5.78 Å². The van der Waals surface area contributed by atoms with E-state index in [0.29, 0.717) is 0 Å². The Kier molecular flexibility index (Phi) is 7.53. The molecule has 1 aromatic rings. The molecule has 1 aliphatic carbocycles. The lowest BCUT2D eigenvalue weighted by Crippen LogP contribution is -2.30. The van der Waals surface area contributed by atoms with Crippen molar-refractivity contribution in [2.24, 2.45) is 5.41 Å². The average Bonchev–Trinajstić information content (AvgIpc) is 2.86. The Morgan fingerprint density at radius 2 is 1.84 bits per heavy atom. The van der Waals surface area contributed by atoms with Crippen LogP contribution in [0.4, 0.5) is 0 Å². The Morgan fingerprint density at radius 3 is 2.44 bits per heavy atom. The third-order valence-electron chi connectivity index (χ3n) is 4.71. The topological polar surface area (TPSA) is 17.1 Å². The van der Waals surface area contributed by atoms with Crippen molar-refractivity contribution in [3.05, 3.63) is 71.8 Å². The average molecular weight is 391 g/mol. The second kappa shape index (κ2) is 9.20. The molecule has 0 aliphatic heterocycles. The molecule has 2 rings (SSSR count). The molecule has 0 amide bonds. The van der Waals surface area contributed by atoms with E-state index in [2.05, 4.69) is 51.3 Å². The minimum absolute atomic E-state index is 0.0596. The fraction of sp³-hybridized carbons (Fsp3) is 0.381. The summed E-state index contributed by atoms with van der Waals surface area (Å²) in [4.78, 5) is 12.6. The molecule has 0 aromatic heterocycles. The number of carbonyl (C=O) groups is 1. The summed E-state index contributed by atoms with van der Waals surface area (Å²) in [5.41, 5.74) is 1.58. The minimum Gasteiger partial charge on any atom is -0.289 e. The molecule has 25 heavy (non-hydrogen) atoms. The van der Waals surface area contributed by atoms with Crippen LogP contribution in [-0.4, -0.2) is 27.8 Å². The van der Waals surface area contributed by atoms with E-state index in [9.17, 15) is 4.79 Å². The molecule has 1 aliphatic rings. The highest BCUT2D eigenvalue weighted by molar-refractivity contribution is 8.01. The van der Waals surface area contributed by atoms with E-state index >= 15 is 0 Å². The van der Waals surface area contributed by atoms with Crippen LogP contribution in [0.3, 0.4) is 0 Å². The van der Waals surface area contributed by atoms with Gasteiger partial charge in [-0.05, 0) is 30.3 Å². The van der Waals surface area contributed by atoms with Crippen LogP contribution in [-0.2, 0) is 0 Å². The Morgan fingerprint density at radius 1 is 1.16 bits per heavy atom. The summed E-state index contributed by atoms with van der Waals surface area (Å²) in [5, 5.41) is 0. The lowest BCUT2D eigenvalue weighted by molar-refractivity contribution is 0.103. The van der Waals surface area contributed by atoms with E-state index in [1.165, 1.54) is 0 Å². The van der Waals surface area contributed by atoms with Gasteiger partial charge in [0, 0.05) is 21.6 Å². The first kappa shape index (κ1) is 20.5. The Balaban J connectivity index is 2.11. The van der Waals surface area contributed by atoms with Crippen molar-refractivity contribution in [2.45, 2.75) is 25.0 Å². The highest BCUT2D eigenvalue weighted by atomic mass is 32.2. The maximum Gasteiger partial charge on any atom is 0.193 e. The number of hydrogen-bond donors (Lipinski definition) is 2. The van der Waals surface area contributed by atoms with Gasteiger partial charge in [-0.3, -0.25) is 4.79 Å². The first-order valence-electron chi connectivity index (χ1n) is 8.52. The van der Waals surface area contributed by atoms with Gasteiger partial charge in [0.2, 0.25) is 0 Å². The minimum atomic E-state index is -0.137. The molecule has 0 radical (unpaired) electrons. The molecule has 1 unspecified atom stereocenters. The lowest BCUT2D eigenvalue weighted by atomic mass is 9.92. The lowest BCUT2D eigenvalue weighted by Gasteiger charge is -2.32. The van der Waals surface area contributed by atoms with Gasteiger partial charge >= 0.3 is 0 Å². The number of rotatable bonds is 8. The fourth-order valence-electron chi connectivity index (χ4n) is 2.49. The molecular formula is C21H26OS3. The summed E-state index contributed by atoms with van der Waals surface area (Å²) in [6, 6.07) is 9.42. The zero-order valence-electron chi connectivity index (χ0n) is 14.8. The van der Waals surface area contributed by atoms with Gasteiger partial charge in [-0.1, -0.05) is 67.6 Å². The quantitative estimate of drug-likeness (QED) is 0.440. The third-order valence-corrected chi connectivity index (χ3v) is 7.70. The van der Waals surface area contributed by atoms with Gasteiger partial charge < -0.3 is 0 Å². The van der Waals surface area contributed by atoms with Gasteiger partial charge in [0.25, 0.3) is 0 Å². The largest absolute Gasteiger partial charge is 0.289 e. The first-order valence-corrected chi connectivity index (χ1v) is 10.8. The summed E-state index contributed by atoms with van der Waals surface area (Å²) in [6.07, 6.45) is 11.2. The van der Waals surface area contributed by atoms with Crippen molar-refractivity contribution in [3.63, 3.8) is 0 Å². The fourth-order valence-corrected chi connectivity index (χ4v) is 5.23. The van der Waals surface area contributed by atoms with Crippen molar-refractivity contribution < 1.29 is 4.79 Å². The van der Waals surface area contributed by atoms with Crippen LogP contribution >= 0.6 is 37.0 Å². The molecule has 0 N–H and O–H groups in total. The number of ketones is 1. The number of hydrogen-bond acceptors (Lipinski definition) is 4. The highest BCUT2D eigenvalue weighted by Gasteiger charge is 2.29. The van der Waals surface area contributed by atoms with Crippen LogP contribution in [0.25, 0.3) is 0 Å². The Hall–Kier alpha value is -0.840. The zero-order chi connectivity index (χ0) is 18.3. The van der Waals surface area contributed by atoms with Gasteiger partial charge in [-0.25, -0.2) is 0 Å². The molecule has 134 valence electrons. The molecular weight excluding hydrogens is 364 g/mol. The molecule has 4 heteroatoms. The van der Waals surface area contributed by atoms with Crippen molar-refractivity contribution in [3.8, 4) is 0 Å². The number of carbonyl (C=O) groups excluding carboxylic acids is 1. The summed E-state index contributed by atoms with van der Waals surface area (Å²) < 4.78 is -0.137. The Bertz CT molecular complexity index is 663. The van der Waals surface area contributed by atoms with Gasteiger partial charge in [-0.15, -0.1) is 11.8 Å². The van der Waals surface area contributed by atoms with Crippen LogP contribution < -0.4 is 0 Å². The molecule has 0 heterocycles. The van der Waals surface area contributed by atoms with Crippen LogP contribution in [0.15, 0.2) is 66.3 Å². The molecule has 0 spiro atoms. The second-order valence-electron chi connectivity index (χ2n) is 6.65. The molecule has 1 atom stereocenters. The zero-order valence-corrected chi connectivity index (χ0v) is 17.4. The van der Waals surface area contributed by atoms with E-state index < -0.39 is 0 Å². The maximum atomic E-state index is 12.6. The predicted molar refractivity (Wildman–Crippen MR) is 118 cm³/mol. The van der Waals surface area contributed by atoms with Crippen molar-refractivity contribution in [2.75, 3.05) is 17.3 Å². The summed E-state index contributed by atoms with van der Waals surface area (Å²) in [5.74, 6) is 2.72. The smallest absolute Gasteiger partial charge is 0.193 e. The van der Waals surface area contributed by atoms with Crippen LogP contribution in [0.5, 0.6) is 0 Å². The molecule has 0 fully saturated rings. The van der Waals surface area contributed by atoms with Crippen LogP contribution in [0.1, 0.15) is 30.6 Å². The molecule has 1 aromatic carbocycles. The van der Waals surface area contributed by atoms with Gasteiger partial charge in [-0.2, -0.15) is 25.3 Å². The standard InChI is InChI=1S/C21H26OS3/c1-3-21(14-23,15-24)16-25-20(2)12-7-10-18(11-13-20)19(22)17-8-5-4-6-9-17/h4-13,23-24H,3,14-16H2,1-2H3. The highest BCUT2D eigenvalue weighted by Crippen LogP contribution is 2.38. The normalized spacial score (nSPS) is 20.2. The Labute approximate surface area is 166 Å². The predicted octanol–water partition coefficient (Wildman–Crippen LogP) is 5.67. The second-order valence-corrected chi connectivity index (χ2v) is 8.74. The van der Waals surface area contributed by atoms with Gasteiger partial charge in [0.05, 0.1) is 0 Å². The monoisotopic (exact) mass is 390 g/mol. The van der Waals surface area contributed by atoms with Gasteiger partial charge in [0.1, 0.15) is 0 Å². The molecule has 1 nitrogen and oxygen atoms in total. The summed E-state index contributed by atoms with van der Waals surface area (Å²) in [7, 11) is 0. The molecule has 0 saturated heterocycles. The number of allylic oxidation sites excluding steroid dienone is 4. The number of thiol groups is 2. The van der Waals surface area contributed by atoms with Crippen LogP contribution in [0, 0.1) is 5.41 Å². The first-order chi connectivity index (χ1) is 12.0. The number of benzene rings is 1. The number of Topliss-reactive ketones (excluding diaryl/α,β-unsaturated/α-hetero) is 1. The van der Waals surface area contributed by atoms with E-state index in [1.807, 2.05) is 60.3 Å². The SMILES string of the molecule is CCC(CS)(CS)CSC1(C)C=CC=C(C(=O)c2ccccc2)C=C1. The van der Waals surface area contributed by atoms with Crippen molar-refractivity contribution >= 4 is 42.8 Å². The summed E-state index contributed by atoms with van der Waals surface area (Å²) >= 11 is 11.0. The van der Waals surface area contributed by atoms with E-state index in [-0.39, 0.29) is 15.9 Å². The summed E-state index contributed by atoms with van der Waals surface area (Å²) in [6.45, 7) is 4.39. The molecule has 0 saturated carbocycles. The van der Waals surface area contributed by atoms with E-state index in [4.69, 9.17) is 0 Å². The number of thioether (sulfide) groups is 1. The third kappa shape index (κ3) is 5.32. The van der Waals surface area contributed by atoms with Crippen LogP contribution in [0.2, 0.25) is 0 Å². The van der Waals surface area contributed by atoms with Crippen molar-refractivity contribution in [1.82, 2.24) is 0 Å². The van der Waals surface area contributed by atoms with Crippen molar-refractivity contribution in [1.29, 1.82) is 0 Å².